The standard InChI is InChI=1S/C18H22N2O3/c1-3-23-17-11-7-6-10-16(17)20-18(21)19-12-14-8-4-5-9-15(14)13-22-2/h4-11H,3,12-13H2,1-2H3,(H2,19,20,21). The summed E-state index contributed by atoms with van der Waals surface area (Å²) in [5.74, 6) is 0.657. The van der Waals surface area contributed by atoms with Crippen LogP contribution in [0.1, 0.15) is 18.1 Å². The number of rotatable bonds is 7. The number of carbonyl (C=O) groups excluding carboxylic acids is 1. The number of ether oxygens (including phenoxy) is 2. The molecule has 0 atom stereocenters. The molecule has 23 heavy (non-hydrogen) atoms. The molecule has 2 aromatic carbocycles. The van der Waals surface area contributed by atoms with Crippen molar-refractivity contribution in [2.45, 2.75) is 20.1 Å². The molecule has 5 heteroatoms. The van der Waals surface area contributed by atoms with Crippen LogP contribution >= 0.6 is 0 Å². The summed E-state index contributed by atoms with van der Waals surface area (Å²) < 4.78 is 10.7. The smallest absolute Gasteiger partial charge is 0.319 e. The van der Waals surface area contributed by atoms with E-state index in [1.54, 1.807) is 7.11 Å². The third-order valence-corrected chi connectivity index (χ3v) is 3.29. The lowest BCUT2D eigenvalue weighted by Gasteiger charge is -2.13. The average Bonchev–Trinajstić information content (AvgIpc) is 2.56. The molecular weight excluding hydrogens is 292 g/mol. The predicted molar refractivity (Wildman–Crippen MR) is 90.6 cm³/mol. The molecule has 0 saturated heterocycles. The fourth-order valence-electron chi connectivity index (χ4n) is 2.22. The first-order chi connectivity index (χ1) is 11.2. The number of para-hydroxylation sites is 2. The van der Waals surface area contributed by atoms with Crippen LogP contribution < -0.4 is 15.4 Å². The summed E-state index contributed by atoms with van der Waals surface area (Å²) in [6.07, 6.45) is 0. The van der Waals surface area contributed by atoms with E-state index >= 15 is 0 Å². The molecular formula is C18H22N2O3. The van der Waals surface area contributed by atoms with Crippen molar-refractivity contribution in [2.75, 3.05) is 19.0 Å². The van der Waals surface area contributed by atoms with Gasteiger partial charge in [-0.2, -0.15) is 0 Å². The molecule has 122 valence electrons. The van der Waals surface area contributed by atoms with Crippen LogP contribution in [0.3, 0.4) is 0 Å². The van der Waals surface area contributed by atoms with Crippen LogP contribution in [0, 0.1) is 0 Å². The molecule has 0 radical (unpaired) electrons. The summed E-state index contributed by atoms with van der Waals surface area (Å²) in [5.41, 5.74) is 2.74. The van der Waals surface area contributed by atoms with Gasteiger partial charge in [0.2, 0.25) is 0 Å². The first-order valence-corrected chi connectivity index (χ1v) is 7.57. The van der Waals surface area contributed by atoms with Gasteiger partial charge in [0.25, 0.3) is 0 Å². The van der Waals surface area contributed by atoms with Crippen LogP contribution in [0.15, 0.2) is 48.5 Å². The molecule has 0 spiro atoms. The zero-order valence-corrected chi connectivity index (χ0v) is 13.5. The lowest BCUT2D eigenvalue weighted by Crippen LogP contribution is -2.28. The highest BCUT2D eigenvalue weighted by Crippen LogP contribution is 2.23. The van der Waals surface area contributed by atoms with Crippen LogP contribution in [0.4, 0.5) is 10.5 Å². The van der Waals surface area contributed by atoms with Crippen molar-refractivity contribution in [3.8, 4) is 5.75 Å². The lowest BCUT2D eigenvalue weighted by molar-refractivity contribution is 0.184. The Kier molecular flexibility index (Phi) is 6.44. The zero-order chi connectivity index (χ0) is 16.5. The average molecular weight is 314 g/mol. The van der Waals surface area contributed by atoms with E-state index in [4.69, 9.17) is 9.47 Å². The topological polar surface area (TPSA) is 59.6 Å². The molecule has 0 unspecified atom stereocenters. The highest BCUT2D eigenvalue weighted by atomic mass is 16.5. The van der Waals surface area contributed by atoms with E-state index < -0.39 is 0 Å². The van der Waals surface area contributed by atoms with Crippen molar-refractivity contribution < 1.29 is 14.3 Å². The van der Waals surface area contributed by atoms with Crippen molar-refractivity contribution in [3.05, 3.63) is 59.7 Å². The fraction of sp³-hybridized carbons (Fsp3) is 0.278. The number of nitrogens with one attached hydrogen (secondary N) is 2. The van der Waals surface area contributed by atoms with Gasteiger partial charge < -0.3 is 20.1 Å². The van der Waals surface area contributed by atoms with E-state index in [0.29, 0.717) is 31.2 Å². The Balaban J connectivity index is 1.96. The third-order valence-electron chi connectivity index (χ3n) is 3.29. The SMILES string of the molecule is CCOc1ccccc1NC(=O)NCc1ccccc1COC. The predicted octanol–water partition coefficient (Wildman–Crippen LogP) is 3.55. The largest absolute Gasteiger partial charge is 0.492 e. The molecule has 0 heterocycles. The number of methoxy groups -OCH3 is 1. The van der Waals surface area contributed by atoms with Crippen LogP contribution in [-0.4, -0.2) is 19.7 Å². The van der Waals surface area contributed by atoms with Crippen LogP contribution in [0.25, 0.3) is 0 Å². The number of hydrogen-bond acceptors (Lipinski definition) is 3. The number of carbonyl (C=O) groups is 1. The minimum atomic E-state index is -0.274. The maximum absolute atomic E-state index is 12.1. The fourth-order valence-corrected chi connectivity index (χ4v) is 2.22. The molecule has 2 N–H and O–H groups in total. The normalized spacial score (nSPS) is 10.2. The van der Waals surface area contributed by atoms with Crippen molar-refractivity contribution in [3.63, 3.8) is 0 Å². The Morgan fingerprint density at radius 2 is 1.74 bits per heavy atom. The van der Waals surface area contributed by atoms with Gasteiger partial charge in [0.05, 0.1) is 18.9 Å². The second-order valence-electron chi connectivity index (χ2n) is 4.94. The quantitative estimate of drug-likeness (QED) is 0.821. The maximum Gasteiger partial charge on any atom is 0.319 e. The molecule has 0 fully saturated rings. The molecule has 0 aliphatic rings. The van der Waals surface area contributed by atoms with Gasteiger partial charge in [0, 0.05) is 13.7 Å². The van der Waals surface area contributed by atoms with Crippen LogP contribution in [0.5, 0.6) is 5.75 Å². The van der Waals surface area contributed by atoms with Gasteiger partial charge in [-0.1, -0.05) is 36.4 Å². The first kappa shape index (κ1) is 16.8. The lowest BCUT2D eigenvalue weighted by atomic mass is 10.1. The summed E-state index contributed by atoms with van der Waals surface area (Å²) >= 11 is 0. The molecule has 0 saturated carbocycles. The van der Waals surface area contributed by atoms with E-state index in [9.17, 15) is 4.79 Å². The Morgan fingerprint density at radius 3 is 2.48 bits per heavy atom. The monoisotopic (exact) mass is 314 g/mol. The highest BCUT2D eigenvalue weighted by Gasteiger charge is 2.08. The van der Waals surface area contributed by atoms with Gasteiger partial charge in [-0.15, -0.1) is 0 Å². The van der Waals surface area contributed by atoms with E-state index in [1.807, 2.05) is 55.5 Å². The second-order valence-corrected chi connectivity index (χ2v) is 4.94. The molecule has 0 bridgehead atoms. The molecule has 0 aliphatic heterocycles. The Labute approximate surface area is 136 Å². The van der Waals surface area contributed by atoms with Gasteiger partial charge in [0.1, 0.15) is 5.75 Å². The van der Waals surface area contributed by atoms with Crippen LogP contribution in [-0.2, 0) is 17.9 Å². The highest BCUT2D eigenvalue weighted by molar-refractivity contribution is 5.90. The number of hydrogen-bond donors (Lipinski definition) is 2. The molecule has 2 rings (SSSR count). The number of anilines is 1. The van der Waals surface area contributed by atoms with E-state index in [-0.39, 0.29) is 6.03 Å². The van der Waals surface area contributed by atoms with Crippen LogP contribution in [0.2, 0.25) is 0 Å². The van der Waals surface area contributed by atoms with E-state index in [0.717, 1.165) is 11.1 Å². The second kappa shape index (κ2) is 8.80. The van der Waals surface area contributed by atoms with Gasteiger partial charge >= 0.3 is 6.03 Å². The van der Waals surface area contributed by atoms with Gasteiger partial charge in [-0.25, -0.2) is 4.79 Å². The Morgan fingerprint density at radius 1 is 1.04 bits per heavy atom. The van der Waals surface area contributed by atoms with Crippen molar-refractivity contribution in [1.29, 1.82) is 0 Å². The molecule has 0 aromatic heterocycles. The number of amides is 2. The van der Waals surface area contributed by atoms with Crippen molar-refractivity contribution in [2.24, 2.45) is 0 Å². The summed E-state index contributed by atoms with van der Waals surface area (Å²) in [6, 6.07) is 14.9. The first-order valence-electron chi connectivity index (χ1n) is 7.57. The zero-order valence-electron chi connectivity index (χ0n) is 13.5. The van der Waals surface area contributed by atoms with Crippen molar-refractivity contribution in [1.82, 2.24) is 5.32 Å². The number of urea groups is 1. The third kappa shape index (κ3) is 5.00. The summed E-state index contributed by atoms with van der Waals surface area (Å²) in [7, 11) is 1.65. The van der Waals surface area contributed by atoms with Crippen molar-refractivity contribution >= 4 is 11.7 Å². The van der Waals surface area contributed by atoms with E-state index in [1.165, 1.54) is 0 Å². The van der Waals surface area contributed by atoms with Gasteiger partial charge in [-0.05, 0) is 30.2 Å². The van der Waals surface area contributed by atoms with E-state index in [2.05, 4.69) is 10.6 Å². The minimum Gasteiger partial charge on any atom is -0.492 e. The number of benzene rings is 2. The summed E-state index contributed by atoms with van der Waals surface area (Å²) in [4.78, 5) is 12.1. The molecule has 2 amide bonds. The Hall–Kier alpha value is -2.53. The summed E-state index contributed by atoms with van der Waals surface area (Å²) in [5, 5.41) is 5.67. The van der Waals surface area contributed by atoms with Gasteiger partial charge in [0.15, 0.2) is 0 Å². The summed E-state index contributed by atoms with van der Waals surface area (Å²) in [6.45, 7) is 3.41. The molecule has 0 aliphatic carbocycles. The Bertz CT molecular complexity index is 644. The maximum atomic E-state index is 12.1. The molecule has 2 aromatic rings. The molecule has 5 nitrogen and oxygen atoms in total. The minimum absolute atomic E-state index is 0.274. The van der Waals surface area contributed by atoms with Gasteiger partial charge in [-0.3, -0.25) is 0 Å².